The van der Waals surface area contributed by atoms with Gasteiger partial charge in [0.25, 0.3) is 0 Å². The molecule has 2 saturated carbocycles. The molecule has 0 saturated heterocycles. The van der Waals surface area contributed by atoms with Crippen LogP contribution in [-0.4, -0.2) is 22.5 Å². The van der Waals surface area contributed by atoms with Crippen LogP contribution in [0.2, 0.25) is 0 Å². The van der Waals surface area contributed by atoms with E-state index in [-0.39, 0.29) is 11.7 Å². The third kappa shape index (κ3) is 4.35. The SMILES string of the molecule is N/C(=N/O)C1(NC(=O)CCC2CCCCC2)CCCCC1. The molecule has 0 spiro atoms. The van der Waals surface area contributed by atoms with Crippen molar-refractivity contribution in [2.24, 2.45) is 16.8 Å². The van der Waals surface area contributed by atoms with Crippen LogP contribution in [0, 0.1) is 5.92 Å². The van der Waals surface area contributed by atoms with Gasteiger partial charge in [0.2, 0.25) is 5.91 Å². The number of hydrogen-bond acceptors (Lipinski definition) is 3. The Bertz CT molecular complexity index is 370. The predicted octanol–water partition coefficient (Wildman–Crippen LogP) is 2.91. The maximum atomic E-state index is 12.3. The molecule has 120 valence electrons. The van der Waals surface area contributed by atoms with Gasteiger partial charge in [-0.05, 0) is 25.2 Å². The summed E-state index contributed by atoms with van der Waals surface area (Å²) in [5.74, 6) is 0.915. The zero-order chi connectivity index (χ0) is 15.1. The van der Waals surface area contributed by atoms with Gasteiger partial charge in [0.05, 0.1) is 0 Å². The number of rotatable bonds is 5. The monoisotopic (exact) mass is 295 g/mol. The molecule has 2 aliphatic rings. The van der Waals surface area contributed by atoms with Crippen LogP contribution in [0.3, 0.4) is 0 Å². The van der Waals surface area contributed by atoms with Crippen molar-refractivity contribution in [2.75, 3.05) is 0 Å². The average molecular weight is 295 g/mol. The van der Waals surface area contributed by atoms with E-state index in [4.69, 9.17) is 10.9 Å². The summed E-state index contributed by atoms with van der Waals surface area (Å²) in [6.45, 7) is 0. The highest BCUT2D eigenvalue weighted by Crippen LogP contribution is 2.30. The van der Waals surface area contributed by atoms with Crippen molar-refractivity contribution in [3.8, 4) is 0 Å². The van der Waals surface area contributed by atoms with Gasteiger partial charge in [-0.3, -0.25) is 4.79 Å². The minimum atomic E-state index is -0.614. The van der Waals surface area contributed by atoms with Crippen LogP contribution in [0.5, 0.6) is 0 Å². The van der Waals surface area contributed by atoms with Gasteiger partial charge < -0.3 is 16.3 Å². The van der Waals surface area contributed by atoms with E-state index in [1.807, 2.05) is 0 Å². The third-order valence-electron chi connectivity index (χ3n) is 5.19. The van der Waals surface area contributed by atoms with Crippen molar-refractivity contribution < 1.29 is 10.0 Å². The minimum absolute atomic E-state index is 0.0501. The summed E-state index contributed by atoms with van der Waals surface area (Å²) in [5.41, 5.74) is 5.24. The van der Waals surface area contributed by atoms with Crippen LogP contribution in [-0.2, 0) is 4.79 Å². The number of nitrogens with zero attached hydrogens (tertiary/aromatic N) is 1. The van der Waals surface area contributed by atoms with E-state index in [2.05, 4.69) is 10.5 Å². The van der Waals surface area contributed by atoms with E-state index in [0.717, 1.165) is 38.5 Å². The van der Waals surface area contributed by atoms with Gasteiger partial charge in [0.1, 0.15) is 5.54 Å². The lowest BCUT2D eigenvalue weighted by Crippen LogP contribution is -2.58. The molecule has 0 aliphatic heterocycles. The summed E-state index contributed by atoms with van der Waals surface area (Å²) in [7, 11) is 0. The molecule has 0 radical (unpaired) electrons. The smallest absolute Gasteiger partial charge is 0.220 e. The van der Waals surface area contributed by atoms with Crippen LogP contribution >= 0.6 is 0 Å². The maximum absolute atomic E-state index is 12.3. The first-order valence-electron chi connectivity index (χ1n) is 8.45. The first-order chi connectivity index (χ1) is 10.2. The molecule has 0 bridgehead atoms. The molecule has 2 aliphatic carbocycles. The lowest BCUT2D eigenvalue weighted by Gasteiger charge is -2.37. The Morgan fingerprint density at radius 2 is 1.76 bits per heavy atom. The Balaban J connectivity index is 1.85. The lowest BCUT2D eigenvalue weighted by atomic mass is 9.80. The molecule has 5 heteroatoms. The van der Waals surface area contributed by atoms with Gasteiger partial charge in [-0.1, -0.05) is 56.5 Å². The standard InChI is InChI=1S/C16H29N3O2/c17-15(19-21)16(11-5-2-6-12-16)18-14(20)10-9-13-7-3-1-4-8-13/h13,21H,1-12H2,(H2,17,19)(H,18,20). The molecule has 0 heterocycles. The zero-order valence-electron chi connectivity index (χ0n) is 12.9. The van der Waals surface area contributed by atoms with Crippen molar-refractivity contribution in [3.05, 3.63) is 0 Å². The number of oxime groups is 1. The normalized spacial score (nSPS) is 23.7. The molecule has 5 nitrogen and oxygen atoms in total. The molecular formula is C16H29N3O2. The summed E-state index contributed by atoms with van der Waals surface area (Å²) >= 11 is 0. The topological polar surface area (TPSA) is 87.7 Å². The van der Waals surface area contributed by atoms with Crippen molar-refractivity contribution in [1.29, 1.82) is 0 Å². The van der Waals surface area contributed by atoms with E-state index in [1.54, 1.807) is 0 Å². The molecule has 4 N–H and O–H groups in total. The largest absolute Gasteiger partial charge is 0.409 e. The van der Waals surface area contributed by atoms with Crippen molar-refractivity contribution in [3.63, 3.8) is 0 Å². The van der Waals surface area contributed by atoms with Crippen molar-refractivity contribution in [2.45, 2.75) is 82.6 Å². The van der Waals surface area contributed by atoms with Crippen LogP contribution in [0.4, 0.5) is 0 Å². The number of hydrogen-bond donors (Lipinski definition) is 3. The molecule has 0 unspecified atom stereocenters. The molecule has 0 aromatic carbocycles. The zero-order valence-corrected chi connectivity index (χ0v) is 12.9. The van der Waals surface area contributed by atoms with E-state index in [0.29, 0.717) is 12.3 Å². The number of amidine groups is 1. The second-order valence-electron chi connectivity index (χ2n) is 6.72. The Morgan fingerprint density at radius 3 is 2.38 bits per heavy atom. The maximum Gasteiger partial charge on any atom is 0.220 e. The number of carbonyl (C=O) groups excluding carboxylic acids is 1. The Kier molecular flexibility index (Phi) is 5.88. The Labute approximate surface area is 127 Å². The highest BCUT2D eigenvalue weighted by atomic mass is 16.4. The van der Waals surface area contributed by atoms with Crippen molar-refractivity contribution >= 4 is 11.7 Å². The second kappa shape index (κ2) is 7.66. The summed E-state index contributed by atoms with van der Waals surface area (Å²) in [5, 5.41) is 15.2. The van der Waals surface area contributed by atoms with Gasteiger partial charge in [-0.2, -0.15) is 0 Å². The fourth-order valence-corrected chi connectivity index (χ4v) is 3.84. The molecule has 0 aromatic heterocycles. The van der Waals surface area contributed by atoms with Gasteiger partial charge in [-0.15, -0.1) is 0 Å². The molecule has 0 atom stereocenters. The van der Waals surface area contributed by atoms with E-state index >= 15 is 0 Å². The molecule has 0 aromatic rings. The van der Waals surface area contributed by atoms with Gasteiger partial charge in [0, 0.05) is 6.42 Å². The predicted molar refractivity (Wildman–Crippen MR) is 83.2 cm³/mol. The number of nitrogens with two attached hydrogens (primary N) is 1. The number of amides is 1. The quantitative estimate of drug-likeness (QED) is 0.315. The molecule has 2 fully saturated rings. The van der Waals surface area contributed by atoms with Crippen LogP contribution in [0.25, 0.3) is 0 Å². The first-order valence-corrected chi connectivity index (χ1v) is 8.45. The lowest BCUT2D eigenvalue weighted by molar-refractivity contribution is -0.123. The number of nitrogens with one attached hydrogen (secondary N) is 1. The Hall–Kier alpha value is -1.26. The number of carbonyl (C=O) groups is 1. The van der Waals surface area contributed by atoms with Gasteiger partial charge >= 0.3 is 0 Å². The summed E-state index contributed by atoms with van der Waals surface area (Å²) in [6.07, 6.45) is 12.7. The fraction of sp³-hybridized carbons (Fsp3) is 0.875. The average Bonchev–Trinajstić information content (AvgIpc) is 2.54. The van der Waals surface area contributed by atoms with E-state index in [9.17, 15) is 4.79 Å². The molecular weight excluding hydrogens is 266 g/mol. The van der Waals surface area contributed by atoms with E-state index in [1.165, 1.54) is 32.1 Å². The van der Waals surface area contributed by atoms with Crippen LogP contribution < -0.4 is 11.1 Å². The van der Waals surface area contributed by atoms with Gasteiger partial charge in [0.15, 0.2) is 5.84 Å². The Morgan fingerprint density at radius 1 is 1.14 bits per heavy atom. The summed E-state index contributed by atoms with van der Waals surface area (Å²) in [6, 6.07) is 0. The van der Waals surface area contributed by atoms with Gasteiger partial charge in [-0.25, -0.2) is 0 Å². The molecule has 2 rings (SSSR count). The molecule has 1 amide bonds. The fourth-order valence-electron chi connectivity index (χ4n) is 3.84. The van der Waals surface area contributed by atoms with Crippen LogP contribution in [0.15, 0.2) is 5.16 Å². The highest BCUT2D eigenvalue weighted by molar-refractivity contribution is 5.94. The van der Waals surface area contributed by atoms with Crippen LogP contribution in [0.1, 0.15) is 77.0 Å². The van der Waals surface area contributed by atoms with E-state index < -0.39 is 5.54 Å². The van der Waals surface area contributed by atoms with Crippen molar-refractivity contribution in [1.82, 2.24) is 5.32 Å². The first kappa shape index (κ1) is 16.1. The molecule has 21 heavy (non-hydrogen) atoms. The summed E-state index contributed by atoms with van der Waals surface area (Å²) in [4.78, 5) is 12.3. The third-order valence-corrected chi connectivity index (χ3v) is 5.19. The second-order valence-corrected chi connectivity index (χ2v) is 6.72. The highest BCUT2D eigenvalue weighted by Gasteiger charge is 2.38. The summed E-state index contributed by atoms with van der Waals surface area (Å²) < 4.78 is 0. The minimum Gasteiger partial charge on any atom is -0.409 e.